The lowest BCUT2D eigenvalue weighted by molar-refractivity contribution is -0.00684. The molecule has 0 radical (unpaired) electrons. The molecule has 1 aromatic heterocycles. The van der Waals surface area contributed by atoms with Gasteiger partial charge in [-0.1, -0.05) is 11.6 Å². The number of ether oxygens (including phenoxy) is 1. The molecule has 3 N–H and O–H groups in total. The van der Waals surface area contributed by atoms with Crippen LogP contribution in [-0.4, -0.2) is 67.4 Å². The van der Waals surface area contributed by atoms with Crippen LogP contribution in [-0.2, 0) is 4.74 Å². The molecule has 6 nitrogen and oxygen atoms in total. The highest BCUT2D eigenvalue weighted by molar-refractivity contribution is 14.0. The SMILES string of the molecule is CCNC(=NCC(C)(C)N1CCOCC1)NCC(O)c1ccc(Cl)s1.I. The Morgan fingerprint density at radius 2 is 2.08 bits per heavy atom. The molecule has 0 spiro atoms. The van der Waals surface area contributed by atoms with Crippen LogP contribution in [0, 0.1) is 0 Å². The van der Waals surface area contributed by atoms with Crippen LogP contribution in [0.3, 0.4) is 0 Å². The van der Waals surface area contributed by atoms with Crippen molar-refractivity contribution >= 4 is 52.9 Å². The topological polar surface area (TPSA) is 69.1 Å². The minimum atomic E-state index is -0.603. The van der Waals surface area contributed by atoms with Crippen molar-refractivity contribution in [3.8, 4) is 0 Å². The largest absolute Gasteiger partial charge is 0.386 e. The number of aliphatic hydroxyl groups is 1. The van der Waals surface area contributed by atoms with E-state index < -0.39 is 6.10 Å². The van der Waals surface area contributed by atoms with E-state index in [0.717, 1.165) is 37.7 Å². The Kier molecular flexibility index (Phi) is 10.7. The van der Waals surface area contributed by atoms with Crippen molar-refractivity contribution in [1.29, 1.82) is 0 Å². The maximum atomic E-state index is 10.3. The molecule has 0 aliphatic carbocycles. The second-order valence-electron chi connectivity index (χ2n) is 6.65. The third kappa shape index (κ3) is 7.47. The first-order chi connectivity index (χ1) is 11.9. The van der Waals surface area contributed by atoms with E-state index in [9.17, 15) is 5.11 Å². The second-order valence-corrected chi connectivity index (χ2v) is 8.39. The molecule has 0 aromatic carbocycles. The molecule has 1 aromatic rings. The van der Waals surface area contributed by atoms with Gasteiger partial charge in [-0.25, -0.2) is 0 Å². The van der Waals surface area contributed by atoms with E-state index >= 15 is 0 Å². The van der Waals surface area contributed by atoms with E-state index in [1.165, 1.54) is 11.3 Å². The molecule has 26 heavy (non-hydrogen) atoms. The summed E-state index contributed by atoms with van der Waals surface area (Å²) in [5, 5.41) is 16.7. The van der Waals surface area contributed by atoms with Gasteiger partial charge in [0.1, 0.15) is 6.10 Å². The Bertz CT molecular complexity index is 565. The van der Waals surface area contributed by atoms with Gasteiger partial charge in [0.25, 0.3) is 0 Å². The summed E-state index contributed by atoms with van der Waals surface area (Å²) in [6.45, 7) is 11.7. The summed E-state index contributed by atoms with van der Waals surface area (Å²) in [4.78, 5) is 7.97. The Morgan fingerprint density at radius 3 is 2.65 bits per heavy atom. The van der Waals surface area contributed by atoms with Crippen molar-refractivity contribution in [3.63, 3.8) is 0 Å². The molecule has 1 saturated heterocycles. The number of hydrogen-bond acceptors (Lipinski definition) is 5. The van der Waals surface area contributed by atoms with Crippen LogP contribution in [0.5, 0.6) is 0 Å². The highest BCUT2D eigenvalue weighted by Gasteiger charge is 2.28. The first-order valence-electron chi connectivity index (χ1n) is 8.70. The number of guanidine groups is 1. The fraction of sp³-hybridized carbons (Fsp3) is 0.706. The Labute approximate surface area is 182 Å². The summed E-state index contributed by atoms with van der Waals surface area (Å²) in [6, 6.07) is 3.65. The molecule has 150 valence electrons. The number of nitrogens with zero attached hydrogens (tertiary/aromatic N) is 2. The minimum Gasteiger partial charge on any atom is -0.386 e. The van der Waals surface area contributed by atoms with Gasteiger partial charge in [0.2, 0.25) is 0 Å². The number of thiophene rings is 1. The number of aliphatic hydroxyl groups excluding tert-OH is 1. The molecule has 9 heteroatoms. The number of hydrogen-bond donors (Lipinski definition) is 3. The van der Waals surface area contributed by atoms with Crippen LogP contribution in [0.4, 0.5) is 0 Å². The highest BCUT2D eigenvalue weighted by Crippen LogP contribution is 2.26. The van der Waals surface area contributed by atoms with E-state index in [1.54, 1.807) is 6.07 Å². The smallest absolute Gasteiger partial charge is 0.191 e. The molecule has 1 aliphatic rings. The monoisotopic (exact) mass is 516 g/mol. The summed E-state index contributed by atoms with van der Waals surface area (Å²) in [5.41, 5.74) is -0.0357. The number of halogens is 2. The summed E-state index contributed by atoms with van der Waals surface area (Å²) in [5.74, 6) is 0.713. The number of nitrogens with one attached hydrogen (secondary N) is 2. The van der Waals surface area contributed by atoms with Crippen LogP contribution in [0.25, 0.3) is 0 Å². The zero-order valence-electron chi connectivity index (χ0n) is 15.6. The van der Waals surface area contributed by atoms with Gasteiger partial charge in [-0.15, -0.1) is 35.3 Å². The Balaban J connectivity index is 0.00000338. The molecule has 1 atom stereocenters. The van der Waals surface area contributed by atoms with Gasteiger partial charge < -0.3 is 20.5 Å². The van der Waals surface area contributed by atoms with Crippen molar-refractivity contribution in [3.05, 3.63) is 21.3 Å². The lowest BCUT2D eigenvalue weighted by Gasteiger charge is -2.39. The Morgan fingerprint density at radius 1 is 1.38 bits per heavy atom. The predicted molar refractivity (Wildman–Crippen MR) is 120 cm³/mol. The lowest BCUT2D eigenvalue weighted by Crippen LogP contribution is -2.52. The quantitative estimate of drug-likeness (QED) is 0.295. The zero-order valence-corrected chi connectivity index (χ0v) is 19.5. The average molecular weight is 517 g/mol. The first kappa shape index (κ1) is 23.9. The fourth-order valence-corrected chi connectivity index (χ4v) is 3.73. The third-order valence-corrected chi connectivity index (χ3v) is 5.55. The molecule has 1 unspecified atom stereocenters. The van der Waals surface area contributed by atoms with Gasteiger partial charge in [0.15, 0.2) is 5.96 Å². The van der Waals surface area contributed by atoms with Crippen LogP contribution >= 0.6 is 46.9 Å². The van der Waals surface area contributed by atoms with Crippen molar-refractivity contribution in [2.75, 3.05) is 45.9 Å². The lowest BCUT2D eigenvalue weighted by atomic mass is 10.0. The van der Waals surface area contributed by atoms with Crippen molar-refractivity contribution < 1.29 is 9.84 Å². The van der Waals surface area contributed by atoms with Crippen LogP contribution < -0.4 is 10.6 Å². The van der Waals surface area contributed by atoms with Crippen LogP contribution in [0.1, 0.15) is 31.8 Å². The van der Waals surface area contributed by atoms with Gasteiger partial charge in [-0.05, 0) is 32.9 Å². The van der Waals surface area contributed by atoms with E-state index in [0.29, 0.717) is 23.4 Å². The highest BCUT2D eigenvalue weighted by atomic mass is 127. The predicted octanol–water partition coefficient (Wildman–Crippen LogP) is 2.72. The van der Waals surface area contributed by atoms with Gasteiger partial charge in [0.05, 0.1) is 24.1 Å². The molecule has 2 heterocycles. The fourth-order valence-electron chi connectivity index (χ4n) is 2.68. The molecule has 1 fully saturated rings. The molecule has 0 bridgehead atoms. The summed E-state index contributed by atoms with van der Waals surface area (Å²) < 4.78 is 6.11. The minimum absolute atomic E-state index is 0. The average Bonchev–Trinajstić information content (AvgIpc) is 3.04. The van der Waals surface area contributed by atoms with Crippen molar-refractivity contribution in [2.45, 2.75) is 32.4 Å². The molecular weight excluding hydrogens is 487 g/mol. The van der Waals surface area contributed by atoms with Crippen molar-refractivity contribution in [1.82, 2.24) is 15.5 Å². The van der Waals surface area contributed by atoms with E-state index in [1.807, 2.05) is 13.0 Å². The first-order valence-corrected chi connectivity index (χ1v) is 9.90. The standard InChI is InChI=1S/C17H29ClN4O2S.HI/c1-4-19-16(20-11-13(23)14-5-6-15(18)25-14)21-12-17(2,3)22-7-9-24-10-8-22;/h5-6,13,23H,4,7-12H2,1-3H3,(H2,19,20,21);1H. The Hall–Kier alpha value is -0.130. The van der Waals surface area contributed by atoms with Crippen molar-refractivity contribution in [2.24, 2.45) is 4.99 Å². The molecular formula is C17H30ClIN4O2S. The molecule has 0 amide bonds. The molecule has 0 saturated carbocycles. The van der Waals surface area contributed by atoms with E-state index in [-0.39, 0.29) is 29.5 Å². The number of rotatable bonds is 7. The molecule has 2 rings (SSSR count). The van der Waals surface area contributed by atoms with Crippen LogP contribution in [0.15, 0.2) is 17.1 Å². The summed E-state index contributed by atoms with van der Waals surface area (Å²) in [6.07, 6.45) is -0.603. The summed E-state index contributed by atoms with van der Waals surface area (Å²) >= 11 is 7.32. The number of aliphatic imine (C=N–C) groups is 1. The van der Waals surface area contributed by atoms with Gasteiger partial charge in [0, 0.05) is 36.6 Å². The van der Waals surface area contributed by atoms with Crippen LogP contribution in [0.2, 0.25) is 4.34 Å². The molecule has 1 aliphatic heterocycles. The van der Waals surface area contributed by atoms with E-state index in [4.69, 9.17) is 21.3 Å². The summed E-state index contributed by atoms with van der Waals surface area (Å²) in [7, 11) is 0. The van der Waals surface area contributed by atoms with Gasteiger partial charge >= 0.3 is 0 Å². The van der Waals surface area contributed by atoms with Gasteiger partial charge in [-0.2, -0.15) is 0 Å². The third-order valence-electron chi connectivity index (χ3n) is 4.22. The maximum absolute atomic E-state index is 10.3. The maximum Gasteiger partial charge on any atom is 0.191 e. The number of morpholine rings is 1. The normalized spacial score (nSPS) is 17.5. The van der Waals surface area contributed by atoms with E-state index in [2.05, 4.69) is 29.4 Å². The zero-order chi connectivity index (χ0) is 18.3. The second kappa shape index (κ2) is 11.7. The van der Waals surface area contributed by atoms with Gasteiger partial charge in [-0.3, -0.25) is 9.89 Å².